The zero-order valence-electron chi connectivity index (χ0n) is 19.3. The predicted molar refractivity (Wildman–Crippen MR) is 134 cm³/mol. The van der Waals surface area contributed by atoms with Crippen molar-refractivity contribution in [3.8, 4) is 5.75 Å². The van der Waals surface area contributed by atoms with E-state index in [4.69, 9.17) is 21.4 Å². The maximum atomic E-state index is 12.8. The number of aliphatic hydroxyl groups is 1. The van der Waals surface area contributed by atoms with Crippen molar-refractivity contribution >= 4 is 23.2 Å². The fourth-order valence-electron chi connectivity index (χ4n) is 4.14. The SMILES string of the molecule is O=C(NCCCCCCO)c1cccc2c1OCCN2Cc1cncn1Cc1ccc(Cl)cc1. The number of halogens is 1. The molecule has 1 aliphatic rings. The number of anilines is 1. The van der Waals surface area contributed by atoms with Crippen LogP contribution in [0.15, 0.2) is 55.0 Å². The van der Waals surface area contributed by atoms with E-state index < -0.39 is 0 Å². The number of imidazole rings is 1. The van der Waals surface area contributed by atoms with Gasteiger partial charge in [0.25, 0.3) is 5.91 Å². The molecule has 0 radical (unpaired) electrons. The topological polar surface area (TPSA) is 79.6 Å². The molecule has 0 spiro atoms. The molecule has 34 heavy (non-hydrogen) atoms. The summed E-state index contributed by atoms with van der Waals surface area (Å²) in [5.41, 5.74) is 3.72. The Kier molecular flexibility index (Phi) is 8.44. The van der Waals surface area contributed by atoms with E-state index in [0.29, 0.717) is 37.6 Å². The van der Waals surface area contributed by atoms with Gasteiger partial charge in [-0.3, -0.25) is 4.79 Å². The van der Waals surface area contributed by atoms with Crippen molar-refractivity contribution in [1.29, 1.82) is 0 Å². The van der Waals surface area contributed by atoms with Crippen molar-refractivity contribution in [3.05, 3.63) is 76.8 Å². The van der Waals surface area contributed by atoms with Crippen molar-refractivity contribution in [2.45, 2.75) is 38.8 Å². The van der Waals surface area contributed by atoms with E-state index in [9.17, 15) is 4.79 Å². The molecule has 0 unspecified atom stereocenters. The van der Waals surface area contributed by atoms with Gasteiger partial charge >= 0.3 is 0 Å². The van der Waals surface area contributed by atoms with Gasteiger partial charge in [0.1, 0.15) is 6.61 Å². The van der Waals surface area contributed by atoms with E-state index in [2.05, 4.69) is 19.8 Å². The van der Waals surface area contributed by atoms with Crippen LogP contribution in [-0.2, 0) is 13.1 Å². The Morgan fingerprint density at radius 3 is 2.74 bits per heavy atom. The minimum atomic E-state index is -0.117. The minimum absolute atomic E-state index is 0.117. The smallest absolute Gasteiger partial charge is 0.255 e. The Hall–Kier alpha value is -3.03. The van der Waals surface area contributed by atoms with Crippen LogP contribution in [0.1, 0.15) is 47.3 Å². The molecule has 0 aliphatic carbocycles. The summed E-state index contributed by atoms with van der Waals surface area (Å²) in [7, 11) is 0. The van der Waals surface area contributed by atoms with Crippen molar-refractivity contribution in [1.82, 2.24) is 14.9 Å². The molecule has 2 aromatic carbocycles. The molecule has 1 aromatic heterocycles. The number of carbonyl (C=O) groups is 1. The highest BCUT2D eigenvalue weighted by molar-refractivity contribution is 6.30. The molecule has 3 aromatic rings. The molecule has 0 atom stereocenters. The molecule has 0 fully saturated rings. The van der Waals surface area contributed by atoms with Gasteiger partial charge in [0.2, 0.25) is 0 Å². The number of nitrogens with one attached hydrogen (secondary N) is 1. The van der Waals surface area contributed by atoms with Crippen LogP contribution in [-0.4, -0.2) is 46.9 Å². The highest BCUT2D eigenvalue weighted by Gasteiger charge is 2.24. The summed E-state index contributed by atoms with van der Waals surface area (Å²) < 4.78 is 8.09. The summed E-state index contributed by atoms with van der Waals surface area (Å²) in [6.45, 7) is 3.46. The van der Waals surface area contributed by atoms with Gasteiger partial charge in [0.05, 0.1) is 36.4 Å². The van der Waals surface area contributed by atoms with E-state index in [1.54, 1.807) is 0 Å². The maximum Gasteiger partial charge on any atom is 0.255 e. The summed E-state index contributed by atoms with van der Waals surface area (Å²) in [6.07, 6.45) is 7.39. The molecular weight excluding hydrogens is 452 g/mol. The molecule has 0 saturated carbocycles. The number of nitrogens with zero attached hydrogens (tertiary/aromatic N) is 3. The third-order valence-corrected chi connectivity index (χ3v) is 6.23. The number of unbranched alkanes of at least 4 members (excludes halogenated alkanes) is 3. The van der Waals surface area contributed by atoms with Crippen LogP contribution in [0.2, 0.25) is 5.02 Å². The largest absolute Gasteiger partial charge is 0.489 e. The second-order valence-corrected chi connectivity index (χ2v) is 8.89. The molecule has 8 heteroatoms. The first-order chi connectivity index (χ1) is 16.7. The van der Waals surface area contributed by atoms with E-state index >= 15 is 0 Å². The number of carbonyl (C=O) groups excluding carboxylic acids is 1. The van der Waals surface area contributed by atoms with Gasteiger partial charge in [-0.05, 0) is 42.7 Å². The summed E-state index contributed by atoms with van der Waals surface area (Å²) in [5.74, 6) is 0.518. The standard InChI is InChI=1S/C26H31ClN4O3/c27-21-10-8-20(9-11-21)17-31-19-28-16-22(31)18-30-13-15-34-25-23(6-5-7-24(25)30)26(33)29-12-3-1-2-4-14-32/h5-11,16,19,32H,1-4,12-15,17-18H2,(H,29,33). The normalized spacial score (nSPS) is 12.8. The maximum absolute atomic E-state index is 12.8. The number of aliphatic hydroxyl groups excluding tert-OH is 1. The van der Waals surface area contributed by atoms with Gasteiger partial charge in [-0.2, -0.15) is 0 Å². The Morgan fingerprint density at radius 1 is 1.09 bits per heavy atom. The highest BCUT2D eigenvalue weighted by atomic mass is 35.5. The lowest BCUT2D eigenvalue weighted by atomic mass is 10.1. The Morgan fingerprint density at radius 2 is 1.91 bits per heavy atom. The first-order valence-corrected chi connectivity index (χ1v) is 12.2. The number of hydrogen-bond acceptors (Lipinski definition) is 5. The molecule has 2 heterocycles. The number of hydrogen-bond donors (Lipinski definition) is 2. The van der Waals surface area contributed by atoms with Crippen LogP contribution in [0.4, 0.5) is 5.69 Å². The first kappa shape index (κ1) is 24.1. The third kappa shape index (κ3) is 6.10. The number of ether oxygens (including phenoxy) is 1. The minimum Gasteiger partial charge on any atom is -0.489 e. The number of para-hydroxylation sites is 1. The number of aromatic nitrogens is 2. The number of amides is 1. The fourth-order valence-corrected chi connectivity index (χ4v) is 4.26. The quantitative estimate of drug-likeness (QED) is 0.399. The molecule has 0 bridgehead atoms. The first-order valence-electron chi connectivity index (χ1n) is 11.8. The highest BCUT2D eigenvalue weighted by Crippen LogP contribution is 2.35. The average Bonchev–Trinajstić information content (AvgIpc) is 3.29. The lowest BCUT2D eigenvalue weighted by Gasteiger charge is -2.32. The second-order valence-electron chi connectivity index (χ2n) is 8.46. The van der Waals surface area contributed by atoms with E-state index in [1.165, 1.54) is 0 Å². The van der Waals surface area contributed by atoms with Crippen LogP contribution in [0, 0.1) is 0 Å². The second kappa shape index (κ2) is 11.9. The summed E-state index contributed by atoms with van der Waals surface area (Å²) in [4.78, 5) is 19.4. The van der Waals surface area contributed by atoms with Crippen LogP contribution >= 0.6 is 11.6 Å². The molecule has 1 amide bonds. The van der Waals surface area contributed by atoms with E-state index in [0.717, 1.165) is 54.2 Å². The Balaban J connectivity index is 1.43. The summed E-state index contributed by atoms with van der Waals surface area (Å²) in [5, 5.41) is 12.6. The van der Waals surface area contributed by atoms with Crippen molar-refractivity contribution in [3.63, 3.8) is 0 Å². The summed E-state index contributed by atoms with van der Waals surface area (Å²) >= 11 is 6.02. The average molecular weight is 483 g/mol. The van der Waals surface area contributed by atoms with Crippen molar-refractivity contribution in [2.24, 2.45) is 0 Å². The number of benzene rings is 2. The fraction of sp³-hybridized carbons (Fsp3) is 0.385. The molecule has 4 rings (SSSR count). The zero-order chi connectivity index (χ0) is 23.8. The zero-order valence-corrected chi connectivity index (χ0v) is 20.0. The Bertz CT molecular complexity index is 1080. The lowest BCUT2D eigenvalue weighted by molar-refractivity contribution is 0.0948. The van der Waals surface area contributed by atoms with Gasteiger partial charge in [-0.1, -0.05) is 42.6 Å². The molecule has 180 valence electrons. The third-order valence-electron chi connectivity index (χ3n) is 5.98. The molecule has 7 nitrogen and oxygen atoms in total. The number of rotatable bonds is 11. The predicted octanol–water partition coefficient (Wildman–Crippen LogP) is 4.27. The van der Waals surface area contributed by atoms with Gasteiger partial charge in [0, 0.05) is 30.9 Å². The van der Waals surface area contributed by atoms with Crippen LogP contribution in [0.25, 0.3) is 0 Å². The molecule has 0 saturated heterocycles. The summed E-state index contributed by atoms with van der Waals surface area (Å²) in [6, 6.07) is 13.6. The molecular formula is C26H31ClN4O3. The van der Waals surface area contributed by atoms with Gasteiger partial charge in [-0.25, -0.2) is 4.98 Å². The van der Waals surface area contributed by atoms with Crippen molar-refractivity contribution < 1.29 is 14.6 Å². The van der Waals surface area contributed by atoms with Crippen LogP contribution in [0.5, 0.6) is 5.75 Å². The number of fused-ring (bicyclic) bond motifs is 1. The molecule has 1 aliphatic heterocycles. The van der Waals surface area contributed by atoms with Gasteiger partial charge in [-0.15, -0.1) is 0 Å². The van der Waals surface area contributed by atoms with Crippen LogP contribution < -0.4 is 15.0 Å². The molecule has 2 N–H and O–H groups in total. The van der Waals surface area contributed by atoms with Gasteiger partial charge < -0.3 is 24.6 Å². The van der Waals surface area contributed by atoms with Crippen molar-refractivity contribution in [2.75, 3.05) is 31.2 Å². The van der Waals surface area contributed by atoms with Gasteiger partial charge in [0.15, 0.2) is 5.75 Å². The Labute approximate surface area is 205 Å². The van der Waals surface area contributed by atoms with E-state index in [-0.39, 0.29) is 12.5 Å². The monoisotopic (exact) mass is 482 g/mol. The van der Waals surface area contributed by atoms with Crippen LogP contribution in [0.3, 0.4) is 0 Å². The lowest BCUT2D eigenvalue weighted by Crippen LogP contribution is -2.34. The van der Waals surface area contributed by atoms with E-state index in [1.807, 2.05) is 55.0 Å².